The number of aromatic carboxylic acids is 1. The van der Waals surface area contributed by atoms with Gasteiger partial charge >= 0.3 is 12.1 Å². The molecule has 1 aliphatic carbocycles. The first kappa shape index (κ1) is 21.5. The van der Waals surface area contributed by atoms with E-state index in [2.05, 4.69) is 9.88 Å². The van der Waals surface area contributed by atoms with Crippen LogP contribution in [-0.4, -0.2) is 62.2 Å². The highest BCUT2D eigenvalue weighted by molar-refractivity contribution is 5.96. The van der Waals surface area contributed by atoms with Crippen molar-refractivity contribution in [3.63, 3.8) is 0 Å². The van der Waals surface area contributed by atoms with Crippen LogP contribution in [0.3, 0.4) is 0 Å². The third-order valence-electron chi connectivity index (χ3n) is 5.98. The van der Waals surface area contributed by atoms with Crippen LogP contribution in [-0.2, 0) is 4.74 Å². The molecule has 1 N–H and O–H groups in total. The molecule has 0 unspecified atom stereocenters. The Hall–Kier alpha value is -2.77. The quantitative estimate of drug-likeness (QED) is 0.792. The van der Waals surface area contributed by atoms with Gasteiger partial charge in [-0.25, -0.2) is 14.6 Å². The highest BCUT2D eigenvalue weighted by atomic mass is 16.6. The molecule has 168 valence electrons. The van der Waals surface area contributed by atoms with Gasteiger partial charge in [-0.15, -0.1) is 0 Å². The average Bonchev–Trinajstić information content (AvgIpc) is 3.40. The van der Waals surface area contributed by atoms with Gasteiger partial charge in [0, 0.05) is 31.4 Å². The summed E-state index contributed by atoms with van der Waals surface area (Å²) in [7, 11) is 0. The fourth-order valence-electron chi connectivity index (χ4n) is 4.51. The second-order valence-corrected chi connectivity index (χ2v) is 9.78. The van der Waals surface area contributed by atoms with Gasteiger partial charge in [-0.2, -0.15) is 0 Å². The van der Waals surface area contributed by atoms with Crippen molar-refractivity contribution in [2.24, 2.45) is 0 Å². The number of imidazole rings is 1. The van der Waals surface area contributed by atoms with E-state index < -0.39 is 11.6 Å². The van der Waals surface area contributed by atoms with Crippen LogP contribution >= 0.6 is 0 Å². The van der Waals surface area contributed by atoms with Crippen molar-refractivity contribution in [3.05, 3.63) is 29.1 Å². The van der Waals surface area contributed by atoms with Gasteiger partial charge in [-0.1, -0.05) is 0 Å². The number of carbonyl (C=O) groups excluding carboxylic acids is 1. The molecule has 3 heterocycles. The predicted octanol–water partition coefficient (Wildman–Crippen LogP) is 4.02. The van der Waals surface area contributed by atoms with E-state index in [-0.39, 0.29) is 17.7 Å². The lowest BCUT2D eigenvalue weighted by Gasteiger charge is -2.40. The second kappa shape index (κ2) is 7.73. The Bertz CT molecular complexity index is 1010. The molecular formula is C23H32N4O4. The zero-order valence-corrected chi connectivity index (χ0v) is 19.0. The van der Waals surface area contributed by atoms with Crippen LogP contribution in [0.15, 0.2) is 12.3 Å². The lowest BCUT2D eigenvalue weighted by Crippen LogP contribution is -2.50. The zero-order valence-electron chi connectivity index (χ0n) is 19.0. The number of nitrogens with zero attached hydrogens (tertiary/aromatic N) is 4. The minimum absolute atomic E-state index is 0.165. The number of carboxylic acid groups (broad SMARTS) is 1. The Morgan fingerprint density at radius 2 is 1.74 bits per heavy atom. The molecule has 1 amide bonds. The average molecular weight is 429 g/mol. The van der Waals surface area contributed by atoms with Gasteiger partial charge in [0.25, 0.3) is 0 Å². The van der Waals surface area contributed by atoms with E-state index in [1.54, 1.807) is 0 Å². The summed E-state index contributed by atoms with van der Waals surface area (Å²) in [5.74, 6) is -0.0115. The summed E-state index contributed by atoms with van der Waals surface area (Å²) in [6.45, 7) is 11.0. The predicted molar refractivity (Wildman–Crippen MR) is 118 cm³/mol. The Morgan fingerprint density at radius 1 is 1.13 bits per heavy atom. The molecule has 0 aromatic carbocycles. The number of carbonyl (C=O) groups is 2. The van der Waals surface area contributed by atoms with Gasteiger partial charge in [0.15, 0.2) is 5.65 Å². The van der Waals surface area contributed by atoms with E-state index in [1.807, 2.05) is 56.2 Å². The van der Waals surface area contributed by atoms with Crippen molar-refractivity contribution in [3.8, 4) is 0 Å². The van der Waals surface area contributed by atoms with E-state index in [4.69, 9.17) is 4.74 Å². The number of hydrogen-bond acceptors (Lipinski definition) is 5. The summed E-state index contributed by atoms with van der Waals surface area (Å²) in [6, 6.07) is 2.40. The molecular weight excluding hydrogens is 396 g/mol. The third-order valence-corrected chi connectivity index (χ3v) is 5.98. The monoisotopic (exact) mass is 428 g/mol. The first-order valence-electron chi connectivity index (χ1n) is 11.0. The minimum Gasteiger partial charge on any atom is -0.478 e. The van der Waals surface area contributed by atoms with Gasteiger partial charge in [-0.3, -0.25) is 4.40 Å². The Balaban J connectivity index is 1.55. The fraction of sp³-hybridized carbons (Fsp3) is 0.609. The SMILES string of the molecule is Cc1cn2c(N3CCC(N(C(=O)OC(C)(C)C)C4CC4)CC3)cc(C)c(C(=O)O)c2n1. The van der Waals surface area contributed by atoms with Crippen molar-refractivity contribution < 1.29 is 19.4 Å². The maximum absolute atomic E-state index is 12.8. The van der Waals surface area contributed by atoms with Crippen LogP contribution in [0.2, 0.25) is 0 Å². The summed E-state index contributed by atoms with van der Waals surface area (Å²) in [4.78, 5) is 33.3. The number of aromatic nitrogens is 2. The lowest BCUT2D eigenvalue weighted by molar-refractivity contribution is 0.0113. The molecule has 8 heteroatoms. The van der Waals surface area contributed by atoms with Gasteiger partial charge in [0.1, 0.15) is 17.0 Å². The number of carboxylic acids is 1. The molecule has 1 saturated heterocycles. The number of ether oxygens (including phenoxy) is 1. The topological polar surface area (TPSA) is 87.4 Å². The number of anilines is 1. The molecule has 1 aliphatic heterocycles. The van der Waals surface area contributed by atoms with Gasteiger partial charge < -0.3 is 19.6 Å². The summed E-state index contributed by atoms with van der Waals surface area (Å²) in [6.07, 6.45) is 5.48. The number of fused-ring (bicyclic) bond motifs is 1. The van der Waals surface area contributed by atoms with Crippen LogP contribution < -0.4 is 4.90 Å². The summed E-state index contributed by atoms with van der Waals surface area (Å²) < 4.78 is 7.57. The largest absolute Gasteiger partial charge is 0.478 e. The molecule has 8 nitrogen and oxygen atoms in total. The standard InChI is InChI=1S/C23H32N4O4/c1-14-12-18(26-13-15(2)24-20(26)19(14)21(28)29)25-10-8-17(9-11-25)27(16-6-7-16)22(30)31-23(3,4)5/h12-13,16-17H,6-11H2,1-5H3,(H,28,29). The maximum Gasteiger partial charge on any atom is 0.410 e. The summed E-state index contributed by atoms with van der Waals surface area (Å²) in [5.41, 5.74) is 1.72. The van der Waals surface area contributed by atoms with Gasteiger partial charge in [0.2, 0.25) is 0 Å². The summed E-state index contributed by atoms with van der Waals surface area (Å²) >= 11 is 0. The number of hydrogen-bond donors (Lipinski definition) is 1. The Kier molecular flexibility index (Phi) is 5.35. The second-order valence-electron chi connectivity index (χ2n) is 9.78. The van der Waals surface area contributed by atoms with Crippen molar-refractivity contribution in [1.82, 2.24) is 14.3 Å². The number of piperidine rings is 1. The molecule has 2 aliphatic rings. The molecule has 0 bridgehead atoms. The highest BCUT2D eigenvalue weighted by Crippen LogP contribution is 2.34. The van der Waals surface area contributed by atoms with Crippen molar-refractivity contribution in [2.45, 2.75) is 78.0 Å². The molecule has 1 saturated carbocycles. The molecule has 31 heavy (non-hydrogen) atoms. The first-order chi connectivity index (χ1) is 14.5. The van der Waals surface area contributed by atoms with Crippen molar-refractivity contribution in [1.29, 1.82) is 0 Å². The molecule has 0 spiro atoms. The Morgan fingerprint density at radius 3 is 2.29 bits per heavy atom. The molecule has 0 atom stereocenters. The smallest absolute Gasteiger partial charge is 0.410 e. The van der Waals surface area contributed by atoms with Crippen LogP contribution in [0.4, 0.5) is 10.6 Å². The van der Waals surface area contributed by atoms with E-state index >= 15 is 0 Å². The van der Waals surface area contributed by atoms with Gasteiger partial charge in [0.05, 0.1) is 5.69 Å². The van der Waals surface area contributed by atoms with Crippen LogP contribution in [0.1, 0.15) is 68.1 Å². The van der Waals surface area contributed by atoms with E-state index in [1.165, 1.54) is 0 Å². The number of pyridine rings is 1. The lowest BCUT2D eigenvalue weighted by atomic mass is 10.0. The third kappa shape index (κ3) is 4.34. The summed E-state index contributed by atoms with van der Waals surface area (Å²) in [5, 5.41) is 9.64. The zero-order chi connectivity index (χ0) is 22.5. The minimum atomic E-state index is -0.962. The van der Waals surface area contributed by atoms with E-state index in [0.717, 1.165) is 50.3 Å². The van der Waals surface area contributed by atoms with E-state index in [9.17, 15) is 14.7 Å². The van der Waals surface area contributed by atoms with Crippen molar-refractivity contribution >= 4 is 23.5 Å². The molecule has 4 rings (SSSR count). The molecule has 2 aromatic heterocycles. The van der Waals surface area contributed by atoms with Crippen LogP contribution in [0.25, 0.3) is 5.65 Å². The van der Waals surface area contributed by atoms with Crippen LogP contribution in [0, 0.1) is 13.8 Å². The molecule has 2 fully saturated rings. The molecule has 2 aromatic rings. The number of rotatable bonds is 4. The molecule has 0 radical (unpaired) electrons. The highest BCUT2D eigenvalue weighted by Gasteiger charge is 2.41. The van der Waals surface area contributed by atoms with Crippen LogP contribution in [0.5, 0.6) is 0 Å². The van der Waals surface area contributed by atoms with Crippen molar-refractivity contribution in [2.75, 3.05) is 18.0 Å². The fourth-order valence-corrected chi connectivity index (χ4v) is 4.51. The first-order valence-corrected chi connectivity index (χ1v) is 11.0. The maximum atomic E-state index is 12.8. The Labute approximate surface area is 182 Å². The van der Waals surface area contributed by atoms with E-state index in [0.29, 0.717) is 17.3 Å². The number of aryl methyl sites for hydroxylation is 2. The normalized spacial score (nSPS) is 17.8. The van der Waals surface area contributed by atoms with Gasteiger partial charge in [-0.05, 0) is 71.9 Å². The number of amides is 1.